The molecular formula is C24H28FN5O5S. The standard InChI is InChI=1S/C24H28FN5O5S/c1-14(2)13-29-22(15(3)35-19-8-6-7-18(12-19)34-5)27-28-24(29)36-16(4)23(31)26-17-9-10-20(25)21(11-17)30(32)33/h6-12,14-16H,13H2,1-5H3,(H,26,31). The second-order valence-corrected chi connectivity index (χ2v) is 9.76. The highest BCUT2D eigenvalue weighted by Gasteiger charge is 2.25. The third-order valence-electron chi connectivity index (χ3n) is 5.07. The Morgan fingerprint density at radius 3 is 2.56 bits per heavy atom. The lowest BCUT2D eigenvalue weighted by atomic mass is 10.2. The van der Waals surface area contributed by atoms with E-state index in [1.165, 1.54) is 17.8 Å². The zero-order valence-corrected chi connectivity index (χ0v) is 21.4. The number of thioether (sulfide) groups is 1. The number of halogens is 1. The number of benzene rings is 2. The van der Waals surface area contributed by atoms with Gasteiger partial charge in [0.25, 0.3) is 0 Å². The van der Waals surface area contributed by atoms with Crippen LogP contribution >= 0.6 is 11.8 Å². The molecule has 0 fully saturated rings. The van der Waals surface area contributed by atoms with Crippen LogP contribution in [0, 0.1) is 21.8 Å². The molecule has 10 nitrogen and oxygen atoms in total. The van der Waals surface area contributed by atoms with Gasteiger partial charge < -0.3 is 19.4 Å². The highest BCUT2D eigenvalue weighted by molar-refractivity contribution is 8.00. The first kappa shape index (κ1) is 26.9. The molecule has 2 aromatic carbocycles. The van der Waals surface area contributed by atoms with Crippen molar-refractivity contribution in [1.82, 2.24) is 14.8 Å². The summed E-state index contributed by atoms with van der Waals surface area (Å²) >= 11 is 1.20. The number of rotatable bonds is 11. The molecule has 192 valence electrons. The van der Waals surface area contributed by atoms with Gasteiger partial charge in [-0.2, -0.15) is 4.39 Å². The number of aromatic nitrogens is 3. The molecule has 0 bridgehead atoms. The molecule has 0 saturated carbocycles. The van der Waals surface area contributed by atoms with Crippen molar-refractivity contribution in [3.63, 3.8) is 0 Å². The molecule has 0 aliphatic carbocycles. The summed E-state index contributed by atoms with van der Waals surface area (Å²) in [5.41, 5.74) is -0.579. The van der Waals surface area contributed by atoms with E-state index < -0.39 is 33.7 Å². The number of nitro groups is 1. The molecule has 2 atom stereocenters. The van der Waals surface area contributed by atoms with Gasteiger partial charge in [-0.05, 0) is 44.0 Å². The molecule has 0 aliphatic rings. The summed E-state index contributed by atoms with van der Waals surface area (Å²) < 4.78 is 26.8. The number of nitrogens with zero attached hydrogens (tertiary/aromatic N) is 4. The number of anilines is 1. The number of amides is 1. The van der Waals surface area contributed by atoms with Gasteiger partial charge in [-0.15, -0.1) is 10.2 Å². The minimum atomic E-state index is -0.972. The van der Waals surface area contributed by atoms with Gasteiger partial charge in [0.2, 0.25) is 11.7 Å². The van der Waals surface area contributed by atoms with Crippen molar-refractivity contribution in [2.75, 3.05) is 12.4 Å². The van der Waals surface area contributed by atoms with E-state index >= 15 is 0 Å². The average molecular weight is 518 g/mol. The summed E-state index contributed by atoms with van der Waals surface area (Å²) in [6.07, 6.45) is -0.429. The first-order valence-corrected chi connectivity index (χ1v) is 12.1. The highest BCUT2D eigenvalue weighted by Crippen LogP contribution is 2.30. The number of nitro benzene ring substituents is 1. The molecule has 2 unspecified atom stereocenters. The van der Waals surface area contributed by atoms with E-state index in [9.17, 15) is 19.3 Å². The van der Waals surface area contributed by atoms with E-state index in [1.807, 2.05) is 29.7 Å². The second-order valence-electron chi connectivity index (χ2n) is 8.46. The predicted octanol–water partition coefficient (Wildman–Crippen LogP) is 5.25. The maximum absolute atomic E-state index is 13.6. The Bertz CT molecular complexity index is 1240. The smallest absolute Gasteiger partial charge is 0.306 e. The van der Waals surface area contributed by atoms with Crippen molar-refractivity contribution < 1.29 is 23.6 Å². The molecule has 0 spiro atoms. The number of hydrogen-bond acceptors (Lipinski definition) is 8. The van der Waals surface area contributed by atoms with E-state index in [4.69, 9.17) is 9.47 Å². The van der Waals surface area contributed by atoms with E-state index in [-0.39, 0.29) is 11.6 Å². The van der Waals surface area contributed by atoms with Crippen LogP contribution in [0.4, 0.5) is 15.8 Å². The Morgan fingerprint density at radius 2 is 1.89 bits per heavy atom. The molecule has 1 aromatic heterocycles. The minimum absolute atomic E-state index is 0.130. The number of ether oxygens (including phenoxy) is 2. The molecule has 36 heavy (non-hydrogen) atoms. The highest BCUT2D eigenvalue weighted by atomic mass is 32.2. The van der Waals surface area contributed by atoms with Crippen molar-refractivity contribution in [3.05, 3.63) is 64.2 Å². The van der Waals surface area contributed by atoms with E-state index in [2.05, 4.69) is 29.4 Å². The van der Waals surface area contributed by atoms with Crippen LogP contribution < -0.4 is 14.8 Å². The number of hydrogen-bond donors (Lipinski definition) is 1. The number of nitrogens with one attached hydrogen (secondary N) is 1. The van der Waals surface area contributed by atoms with Gasteiger partial charge in [-0.3, -0.25) is 14.9 Å². The van der Waals surface area contributed by atoms with Gasteiger partial charge in [-0.25, -0.2) is 0 Å². The van der Waals surface area contributed by atoms with Crippen LogP contribution in [0.2, 0.25) is 0 Å². The van der Waals surface area contributed by atoms with Crippen molar-refractivity contribution >= 4 is 29.0 Å². The third kappa shape index (κ3) is 6.72. The van der Waals surface area contributed by atoms with Gasteiger partial charge in [0.15, 0.2) is 17.1 Å². The van der Waals surface area contributed by atoms with Gasteiger partial charge >= 0.3 is 5.69 Å². The van der Waals surface area contributed by atoms with Gasteiger partial charge in [0, 0.05) is 24.4 Å². The second kappa shape index (κ2) is 11.8. The minimum Gasteiger partial charge on any atom is -0.497 e. The Hall–Kier alpha value is -3.67. The molecule has 3 rings (SSSR count). The number of carbonyl (C=O) groups is 1. The van der Waals surface area contributed by atoms with Crippen LogP contribution in [0.5, 0.6) is 11.5 Å². The zero-order chi connectivity index (χ0) is 26.4. The predicted molar refractivity (Wildman–Crippen MR) is 134 cm³/mol. The van der Waals surface area contributed by atoms with Gasteiger partial charge in [0.1, 0.15) is 11.5 Å². The molecule has 1 amide bonds. The Balaban J connectivity index is 1.76. The normalized spacial score (nSPS) is 12.8. The van der Waals surface area contributed by atoms with Crippen LogP contribution in [0.1, 0.15) is 39.6 Å². The summed E-state index contributed by atoms with van der Waals surface area (Å²) in [6, 6.07) is 10.5. The molecule has 12 heteroatoms. The zero-order valence-electron chi connectivity index (χ0n) is 20.6. The summed E-state index contributed by atoms with van der Waals surface area (Å²) in [5, 5.41) is 22.1. The largest absolute Gasteiger partial charge is 0.497 e. The third-order valence-corrected chi connectivity index (χ3v) is 6.15. The van der Waals surface area contributed by atoms with Crippen molar-refractivity contribution in [1.29, 1.82) is 0 Å². The Morgan fingerprint density at radius 1 is 1.17 bits per heavy atom. The van der Waals surface area contributed by atoms with Gasteiger partial charge in [-0.1, -0.05) is 31.7 Å². The number of carbonyl (C=O) groups excluding carboxylic acids is 1. The lowest BCUT2D eigenvalue weighted by Gasteiger charge is -2.19. The first-order chi connectivity index (χ1) is 17.1. The quantitative estimate of drug-likeness (QED) is 0.208. The molecule has 1 heterocycles. The lowest BCUT2D eigenvalue weighted by Crippen LogP contribution is -2.23. The number of methoxy groups -OCH3 is 1. The Kier molecular flexibility index (Phi) is 8.86. The van der Waals surface area contributed by atoms with E-state index in [1.54, 1.807) is 20.1 Å². The molecule has 0 radical (unpaired) electrons. The fourth-order valence-corrected chi connectivity index (χ4v) is 4.21. The summed E-state index contributed by atoms with van der Waals surface area (Å²) in [5.74, 6) is 0.785. The van der Waals surface area contributed by atoms with Crippen LogP contribution in [0.25, 0.3) is 0 Å². The fourth-order valence-electron chi connectivity index (χ4n) is 3.34. The molecule has 1 N–H and O–H groups in total. The van der Waals surface area contributed by atoms with Crippen LogP contribution in [-0.2, 0) is 11.3 Å². The van der Waals surface area contributed by atoms with Crippen molar-refractivity contribution in [2.24, 2.45) is 5.92 Å². The fraction of sp³-hybridized carbons (Fsp3) is 0.375. The summed E-state index contributed by atoms with van der Waals surface area (Å²) in [6.45, 7) is 8.27. The monoisotopic (exact) mass is 517 g/mol. The molecule has 3 aromatic rings. The van der Waals surface area contributed by atoms with Crippen LogP contribution in [-0.4, -0.2) is 38.0 Å². The van der Waals surface area contributed by atoms with Crippen LogP contribution in [0.15, 0.2) is 47.6 Å². The molecular weight excluding hydrogens is 489 g/mol. The molecule has 0 aliphatic heterocycles. The topological polar surface area (TPSA) is 121 Å². The van der Waals surface area contributed by atoms with Crippen LogP contribution in [0.3, 0.4) is 0 Å². The Labute approximate surface area is 212 Å². The van der Waals surface area contributed by atoms with Gasteiger partial charge in [0.05, 0.1) is 17.3 Å². The first-order valence-electron chi connectivity index (χ1n) is 11.2. The van der Waals surface area contributed by atoms with E-state index in [0.29, 0.717) is 29.0 Å². The summed E-state index contributed by atoms with van der Waals surface area (Å²) in [4.78, 5) is 22.9. The maximum atomic E-state index is 13.6. The SMILES string of the molecule is COc1cccc(OC(C)c2nnc(SC(C)C(=O)Nc3ccc(F)c([N+](=O)[O-])c3)n2CC(C)C)c1. The maximum Gasteiger partial charge on any atom is 0.306 e. The van der Waals surface area contributed by atoms with Crippen molar-refractivity contribution in [2.45, 2.75) is 50.8 Å². The lowest BCUT2D eigenvalue weighted by molar-refractivity contribution is -0.387. The molecule has 0 saturated heterocycles. The van der Waals surface area contributed by atoms with Crippen molar-refractivity contribution in [3.8, 4) is 11.5 Å². The summed E-state index contributed by atoms with van der Waals surface area (Å²) in [7, 11) is 1.58. The van der Waals surface area contributed by atoms with E-state index in [0.717, 1.165) is 12.1 Å². The average Bonchev–Trinajstić information content (AvgIpc) is 3.21.